The summed E-state index contributed by atoms with van der Waals surface area (Å²) in [5.74, 6) is 3.42. The molecule has 0 saturated heterocycles. The Morgan fingerprint density at radius 3 is 0.774 bits per heavy atom. The number of hydrogen-bond acceptors (Lipinski definition) is 12. The van der Waals surface area contributed by atoms with Crippen molar-refractivity contribution < 1.29 is 19.1 Å². The Balaban J connectivity index is 1.76. The molecule has 12 heteroatoms. The fourth-order valence-electron chi connectivity index (χ4n) is 7.33. The molecule has 0 aromatic carbocycles. The fourth-order valence-corrected chi connectivity index (χ4v) is 19.2. The molecule has 0 unspecified atom stereocenters. The van der Waals surface area contributed by atoms with Gasteiger partial charge in [-0.1, -0.05) is 254 Å². The van der Waals surface area contributed by atoms with Crippen LogP contribution in [0.1, 0.15) is 233 Å². The van der Waals surface area contributed by atoms with Crippen LogP contribution >= 0.6 is 94.1 Å². The first-order chi connectivity index (χ1) is 30.4. The predicted octanol–water partition coefficient (Wildman–Crippen LogP) is 19.9. The van der Waals surface area contributed by atoms with E-state index in [0.717, 1.165) is 11.5 Å². The Kier molecular flexibility index (Phi) is 41.2. The van der Waals surface area contributed by atoms with Crippen LogP contribution in [0.5, 0.6) is 0 Å². The average Bonchev–Trinajstić information content (AvgIpc) is 3.86. The normalized spacial score (nSPS) is 14.3. The molecule has 0 aromatic rings. The zero-order valence-electron chi connectivity index (χ0n) is 39.8. The number of esters is 2. The van der Waals surface area contributed by atoms with E-state index in [1.54, 1.807) is 23.5 Å². The van der Waals surface area contributed by atoms with Gasteiger partial charge in [-0.2, -0.15) is 0 Å². The maximum absolute atomic E-state index is 11.4. The molecule has 62 heavy (non-hydrogen) atoms. The zero-order chi connectivity index (χ0) is 44.6. The van der Waals surface area contributed by atoms with Crippen molar-refractivity contribution in [2.75, 3.05) is 36.2 Å². The Bertz CT molecular complexity index is 1150. The molecule has 0 bridgehead atoms. The summed E-state index contributed by atoms with van der Waals surface area (Å²) >= 11 is 15.5. The minimum Gasteiger partial charge on any atom is -0.465 e. The van der Waals surface area contributed by atoms with Crippen molar-refractivity contribution in [2.45, 2.75) is 233 Å². The first-order valence-electron chi connectivity index (χ1n) is 25.2. The monoisotopic (exact) mass is 1010 g/mol. The molecule has 360 valence electrons. The topological polar surface area (TPSA) is 52.6 Å². The van der Waals surface area contributed by atoms with Gasteiger partial charge in [0.2, 0.25) is 0 Å². The molecule has 2 rings (SSSR count). The predicted molar refractivity (Wildman–Crippen MR) is 294 cm³/mol. The van der Waals surface area contributed by atoms with Crippen LogP contribution in [0.2, 0.25) is 0 Å². The van der Waals surface area contributed by atoms with Crippen LogP contribution < -0.4 is 0 Å². The van der Waals surface area contributed by atoms with E-state index >= 15 is 0 Å². The second-order valence-corrected chi connectivity index (χ2v) is 26.9. The van der Waals surface area contributed by atoms with Crippen LogP contribution in [0, 0.1) is 0 Å². The smallest absolute Gasteiger partial charge is 0.302 e. The molecule has 0 saturated carbocycles. The molecule has 0 aromatic heterocycles. The summed E-state index contributed by atoms with van der Waals surface area (Å²) in [5.41, 5.74) is 0. The maximum atomic E-state index is 11.4. The Morgan fingerprint density at radius 1 is 0.339 bits per heavy atom. The van der Waals surface area contributed by atoms with E-state index in [9.17, 15) is 9.59 Å². The summed E-state index contributed by atoms with van der Waals surface area (Å²) in [6.07, 6.45) is 45.1. The second-order valence-electron chi connectivity index (χ2n) is 16.8. The van der Waals surface area contributed by atoms with E-state index in [-0.39, 0.29) is 11.9 Å². The van der Waals surface area contributed by atoms with Gasteiger partial charge in [-0.3, -0.25) is 9.59 Å². The summed E-state index contributed by atoms with van der Waals surface area (Å²) in [6, 6.07) is 0. The third kappa shape index (κ3) is 33.4. The average molecular weight is 1010 g/mol. The summed E-state index contributed by atoms with van der Waals surface area (Å²) < 4.78 is 18.8. The van der Waals surface area contributed by atoms with E-state index < -0.39 is 0 Å². The number of thioether (sulfide) groups is 8. The van der Waals surface area contributed by atoms with Crippen molar-refractivity contribution in [2.24, 2.45) is 0 Å². The minimum atomic E-state index is -0.231. The Hall–Kier alpha value is 0.960. The van der Waals surface area contributed by atoms with Gasteiger partial charge in [-0.05, 0) is 24.3 Å². The molecule has 0 atom stereocenters. The highest BCUT2D eigenvalue weighted by molar-refractivity contribution is 8.45. The highest BCUT2D eigenvalue weighted by Gasteiger charge is 2.31. The quantitative estimate of drug-likeness (QED) is 0.0432. The van der Waals surface area contributed by atoms with Gasteiger partial charge in [0, 0.05) is 25.4 Å². The van der Waals surface area contributed by atoms with Gasteiger partial charge < -0.3 is 9.47 Å². The van der Waals surface area contributed by atoms with Crippen LogP contribution in [0.4, 0.5) is 0 Å². The van der Waals surface area contributed by atoms with Gasteiger partial charge in [0.05, 0.1) is 25.4 Å². The molecule has 0 amide bonds. The zero-order valence-corrected chi connectivity index (χ0v) is 46.3. The van der Waals surface area contributed by atoms with Crippen molar-refractivity contribution in [1.29, 1.82) is 0 Å². The molecule has 0 radical (unpaired) electrons. The van der Waals surface area contributed by atoms with Gasteiger partial charge in [0.25, 0.3) is 0 Å². The lowest BCUT2D eigenvalue weighted by atomic mass is 10.0. The molecular formula is C50H88O4S8. The van der Waals surface area contributed by atoms with Crippen LogP contribution in [0.15, 0.2) is 25.4 Å². The third-order valence-corrected chi connectivity index (χ3v) is 22.6. The molecular weight excluding hydrogens is 921 g/mol. The van der Waals surface area contributed by atoms with Crippen LogP contribution in [-0.4, -0.2) is 48.2 Å². The van der Waals surface area contributed by atoms with Crippen molar-refractivity contribution in [3.8, 4) is 0 Å². The third-order valence-electron chi connectivity index (χ3n) is 10.9. The first kappa shape index (κ1) is 59.1. The van der Waals surface area contributed by atoms with E-state index in [0.29, 0.717) is 13.2 Å². The lowest BCUT2D eigenvalue weighted by molar-refractivity contribution is -0.141. The number of carbonyl (C=O) groups is 2. The standard InChI is InChI=1S/C50H88O4S8/c1-5-7-9-11-13-15-17-19-21-23-25-27-29-31-33-35-39-55-45-46(56-40-36-34-32-30-28-26-24-22-20-18-16-14-12-10-8-6-2)60-49(59-45)50-61-47(57-41-37-53-43(3)51)48(62-50)58-42-38-54-44(4)52/h5-42H2,1-4H3. The largest absolute Gasteiger partial charge is 0.465 e. The number of carbonyl (C=O) groups excluding carboxylic acids is 2. The van der Waals surface area contributed by atoms with Gasteiger partial charge >= 0.3 is 11.9 Å². The molecule has 2 aliphatic rings. The molecule has 0 aliphatic carbocycles. The van der Waals surface area contributed by atoms with Gasteiger partial charge in [0.15, 0.2) is 0 Å². The first-order valence-corrected chi connectivity index (χ1v) is 32.4. The summed E-state index contributed by atoms with van der Waals surface area (Å²) in [7, 11) is 0. The van der Waals surface area contributed by atoms with Crippen LogP contribution in [-0.2, 0) is 19.1 Å². The van der Waals surface area contributed by atoms with Crippen LogP contribution in [0.25, 0.3) is 0 Å². The van der Waals surface area contributed by atoms with Crippen molar-refractivity contribution in [3.63, 3.8) is 0 Å². The number of unbranched alkanes of at least 4 members (excludes halogenated alkanes) is 30. The molecule has 2 aliphatic heterocycles. The minimum absolute atomic E-state index is 0.231. The molecule has 0 N–H and O–H groups in total. The number of ether oxygens (including phenoxy) is 2. The number of hydrogen-bond donors (Lipinski definition) is 0. The summed E-state index contributed by atoms with van der Waals surface area (Å²) in [6.45, 7) is 8.37. The van der Waals surface area contributed by atoms with E-state index in [1.807, 2.05) is 47.0 Å². The SMILES string of the molecule is CCCCCCCCCCCCCCCCCCSC1=C(SCCCCCCCCCCCCCCCCCC)SC(=C2SC(SCCOC(C)=O)=C(SCCOC(C)=O)S2)S1. The van der Waals surface area contributed by atoms with E-state index in [1.165, 1.54) is 256 Å². The van der Waals surface area contributed by atoms with Crippen molar-refractivity contribution in [1.82, 2.24) is 0 Å². The van der Waals surface area contributed by atoms with Gasteiger partial charge in [-0.15, -0.1) is 47.0 Å². The van der Waals surface area contributed by atoms with E-state index in [2.05, 4.69) is 37.4 Å². The molecule has 0 spiro atoms. The Labute approximate surface area is 416 Å². The summed E-state index contributed by atoms with van der Waals surface area (Å²) in [4.78, 5) is 22.7. The molecule has 0 fully saturated rings. The Morgan fingerprint density at radius 2 is 0.548 bits per heavy atom. The molecule has 2 heterocycles. The summed E-state index contributed by atoms with van der Waals surface area (Å²) in [5, 5.41) is 0. The second kappa shape index (κ2) is 43.3. The van der Waals surface area contributed by atoms with Crippen molar-refractivity contribution >= 4 is 106 Å². The number of rotatable bonds is 44. The maximum Gasteiger partial charge on any atom is 0.302 e. The van der Waals surface area contributed by atoms with Crippen molar-refractivity contribution in [3.05, 3.63) is 25.4 Å². The van der Waals surface area contributed by atoms with Gasteiger partial charge in [0.1, 0.15) is 13.2 Å². The lowest BCUT2D eigenvalue weighted by Gasteiger charge is -2.06. The lowest BCUT2D eigenvalue weighted by Crippen LogP contribution is -2.02. The fraction of sp³-hybridized carbons (Fsp3) is 0.840. The van der Waals surface area contributed by atoms with Gasteiger partial charge in [-0.25, -0.2) is 0 Å². The highest BCUT2D eigenvalue weighted by atomic mass is 32.3. The van der Waals surface area contributed by atoms with E-state index in [4.69, 9.17) is 9.47 Å². The molecule has 4 nitrogen and oxygen atoms in total. The van der Waals surface area contributed by atoms with Crippen LogP contribution in [0.3, 0.4) is 0 Å². The highest BCUT2D eigenvalue weighted by Crippen LogP contribution is 2.66.